The predicted octanol–water partition coefficient (Wildman–Crippen LogP) is 3.56. The zero-order chi connectivity index (χ0) is 22.9. The van der Waals surface area contributed by atoms with Crippen molar-refractivity contribution in [3.05, 3.63) is 77.6 Å². The fraction of sp³-hybridized carbons (Fsp3) is 0.208. The maximum absolute atomic E-state index is 13.0. The highest BCUT2D eigenvalue weighted by atomic mass is 16.5. The molecule has 9 nitrogen and oxygen atoms in total. The van der Waals surface area contributed by atoms with Gasteiger partial charge in [-0.2, -0.15) is 0 Å². The highest BCUT2D eigenvalue weighted by molar-refractivity contribution is 5.93. The predicted molar refractivity (Wildman–Crippen MR) is 119 cm³/mol. The van der Waals surface area contributed by atoms with Crippen LogP contribution in [-0.2, 0) is 9.53 Å². The van der Waals surface area contributed by atoms with E-state index < -0.39 is 11.9 Å². The molecule has 3 aromatic heterocycles. The van der Waals surface area contributed by atoms with Gasteiger partial charge in [0.15, 0.2) is 11.5 Å². The smallest absolute Gasteiger partial charge is 0.338 e. The van der Waals surface area contributed by atoms with E-state index in [1.165, 1.54) is 0 Å². The van der Waals surface area contributed by atoms with Crippen LogP contribution in [0.2, 0.25) is 0 Å². The Labute approximate surface area is 189 Å². The van der Waals surface area contributed by atoms with Gasteiger partial charge in [0, 0.05) is 18.0 Å². The number of carbonyl (C=O) groups is 1. The van der Waals surface area contributed by atoms with Crippen molar-refractivity contribution in [3.63, 3.8) is 0 Å². The van der Waals surface area contributed by atoms with E-state index in [0.29, 0.717) is 40.0 Å². The molecule has 1 aliphatic rings. The van der Waals surface area contributed by atoms with Gasteiger partial charge in [-0.05, 0) is 43.7 Å². The fourth-order valence-corrected chi connectivity index (χ4v) is 3.96. The molecule has 0 amide bonds. The molecule has 4 aromatic rings. The van der Waals surface area contributed by atoms with Crippen molar-refractivity contribution in [1.82, 2.24) is 24.6 Å². The lowest BCUT2D eigenvalue weighted by Crippen LogP contribution is -2.24. The minimum absolute atomic E-state index is 0.246. The number of esters is 1. The largest absolute Gasteiger partial charge is 0.497 e. The summed E-state index contributed by atoms with van der Waals surface area (Å²) in [6, 6.07) is 11.2. The second-order valence-corrected chi connectivity index (χ2v) is 7.41. The van der Waals surface area contributed by atoms with Crippen molar-refractivity contribution >= 4 is 11.6 Å². The summed E-state index contributed by atoms with van der Waals surface area (Å²) < 4.78 is 18.3. The zero-order valence-electron chi connectivity index (χ0n) is 18.3. The van der Waals surface area contributed by atoms with Crippen LogP contribution in [0.25, 0.3) is 17.0 Å². The second-order valence-electron chi connectivity index (χ2n) is 7.41. The van der Waals surface area contributed by atoms with E-state index in [9.17, 15) is 4.79 Å². The van der Waals surface area contributed by atoms with E-state index in [4.69, 9.17) is 19.2 Å². The van der Waals surface area contributed by atoms with Crippen molar-refractivity contribution in [2.24, 2.45) is 0 Å². The highest BCUT2D eigenvalue weighted by Crippen LogP contribution is 2.44. The molecule has 0 aliphatic carbocycles. The summed E-state index contributed by atoms with van der Waals surface area (Å²) in [5, 5.41) is 4.57. The Morgan fingerprint density at radius 1 is 1.21 bits per heavy atom. The number of carbonyl (C=O) groups excluding carboxylic acids is 1. The summed E-state index contributed by atoms with van der Waals surface area (Å²) in [6.07, 6.45) is 4.93. The number of hydrogen-bond donors (Lipinski definition) is 0. The van der Waals surface area contributed by atoms with E-state index in [0.717, 1.165) is 11.1 Å². The lowest BCUT2D eigenvalue weighted by Gasteiger charge is -2.28. The maximum atomic E-state index is 13.0. The molecular formula is C24H21N5O4. The van der Waals surface area contributed by atoms with Gasteiger partial charge in [-0.3, -0.25) is 4.98 Å². The first-order valence-corrected chi connectivity index (χ1v) is 10.5. The first-order valence-electron chi connectivity index (χ1n) is 10.5. The Morgan fingerprint density at radius 2 is 2.03 bits per heavy atom. The SMILES string of the molecule is CCOC(=O)C1=C(C)Oc2ncn3nc(-c4cccnc4)nc3c2C1c1ccc(OC)cc1. The Morgan fingerprint density at radius 3 is 2.73 bits per heavy atom. The lowest BCUT2D eigenvalue weighted by molar-refractivity contribution is -0.139. The van der Waals surface area contributed by atoms with E-state index >= 15 is 0 Å². The molecule has 0 bridgehead atoms. The Bertz CT molecular complexity index is 1360. The number of aromatic nitrogens is 5. The Kier molecular flexibility index (Phi) is 5.21. The molecule has 1 unspecified atom stereocenters. The van der Waals surface area contributed by atoms with Crippen LogP contribution in [0.4, 0.5) is 0 Å². The molecule has 0 fully saturated rings. The molecule has 4 heterocycles. The van der Waals surface area contributed by atoms with Crippen LogP contribution in [0.5, 0.6) is 11.6 Å². The summed E-state index contributed by atoms with van der Waals surface area (Å²) in [5.74, 6) is 1.05. The summed E-state index contributed by atoms with van der Waals surface area (Å²) in [7, 11) is 1.61. The summed E-state index contributed by atoms with van der Waals surface area (Å²) >= 11 is 0. The van der Waals surface area contributed by atoms with Gasteiger partial charge in [-0.15, -0.1) is 5.10 Å². The minimum atomic E-state index is -0.513. The van der Waals surface area contributed by atoms with E-state index in [2.05, 4.69) is 15.1 Å². The Balaban J connectivity index is 1.74. The number of fused-ring (bicyclic) bond motifs is 3. The van der Waals surface area contributed by atoms with Gasteiger partial charge in [0.2, 0.25) is 5.88 Å². The van der Waals surface area contributed by atoms with Crippen LogP contribution in [0.1, 0.15) is 30.9 Å². The molecule has 0 saturated heterocycles. The Hall–Kier alpha value is -4.27. The van der Waals surface area contributed by atoms with Gasteiger partial charge in [0.1, 0.15) is 17.8 Å². The third-order valence-electron chi connectivity index (χ3n) is 5.46. The first kappa shape index (κ1) is 20.6. The molecule has 0 N–H and O–H groups in total. The molecule has 1 atom stereocenters. The van der Waals surface area contributed by atoms with Crippen molar-refractivity contribution < 1.29 is 19.0 Å². The van der Waals surface area contributed by atoms with Gasteiger partial charge < -0.3 is 14.2 Å². The molecule has 33 heavy (non-hydrogen) atoms. The normalized spacial score (nSPS) is 15.2. The van der Waals surface area contributed by atoms with E-state index in [-0.39, 0.29) is 6.61 Å². The number of hydrogen-bond acceptors (Lipinski definition) is 8. The number of benzene rings is 1. The summed E-state index contributed by atoms with van der Waals surface area (Å²) in [5.41, 5.74) is 3.19. The minimum Gasteiger partial charge on any atom is -0.497 e. The van der Waals surface area contributed by atoms with E-state index in [1.807, 2.05) is 36.4 Å². The topological polar surface area (TPSA) is 101 Å². The van der Waals surface area contributed by atoms with Gasteiger partial charge in [-0.25, -0.2) is 19.3 Å². The molecule has 166 valence electrons. The monoisotopic (exact) mass is 443 g/mol. The average molecular weight is 443 g/mol. The molecule has 0 saturated carbocycles. The van der Waals surface area contributed by atoms with Crippen molar-refractivity contribution in [1.29, 1.82) is 0 Å². The van der Waals surface area contributed by atoms with Crippen molar-refractivity contribution in [2.75, 3.05) is 13.7 Å². The second kappa shape index (κ2) is 8.34. The van der Waals surface area contributed by atoms with Crippen LogP contribution in [0.15, 0.2) is 66.5 Å². The van der Waals surface area contributed by atoms with Gasteiger partial charge >= 0.3 is 5.97 Å². The number of ether oxygens (including phenoxy) is 3. The van der Waals surface area contributed by atoms with E-state index in [1.54, 1.807) is 44.2 Å². The third kappa shape index (κ3) is 3.57. The van der Waals surface area contributed by atoms with Gasteiger partial charge in [0.05, 0.1) is 30.8 Å². The number of methoxy groups -OCH3 is 1. The van der Waals surface area contributed by atoms with Crippen LogP contribution < -0.4 is 9.47 Å². The number of allylic oxidation sites excluding steroid dienone is 1. The van der Waals surface area contributed by atoms with Crippen LogP contribution in [0.3, 0.4) is 0 Å². The number of pyridine rings is 1. The van der Waals surface area contributed by atoms with Crippen molar-refractivity contribution in [2.45, 2.75) is 19.8 Å². The molecule has 9 heteroatoms. The maximum Gasteiger partial charge on any atom is 0.338 e. The lowest BCUT2D eigenvalue weighted by atomic mass is 9.83. The van der Waals surface area contributed by atoms with Gasteiger partial charge in [-0.1, -0.05) is 12.1 Å². The quantitative estimate of drug-likeness (QED) is 0.432. The molecule has 1 aromatic carbocycles. The molecule has 1 aliphatic heterocycles. The third-order valence-corrected chi connectivity index (χ3v) is 5.46. The van der Waals surface area contributed by atoms with Crippen molar-refractivity contribution in [3.8, 4) is 23.0 Å². The number of rotatable bonds is 5. The van der Waals surface area contributed by atoms with Crippen LogP contribution in [0, 0.1) is 0 Å². The first-order chi connectivity index (χ1) is 16.1. The summed E-state index contributed by atoms with van der Waals surface area (Å²) in [6.45, 7) is 3.76. The molecule has 5 rings (SSSR count). The molecule has 0 radical (unpaired) electrons. The number of nitrogens with zero attached hydrogens (tertiary/aromatic N) is 5. The highest BCUT2D eigenvalue weighted by Gasteiger charge is 2.38. The standard InChI is InChI=1S/C24H21N5O4/c1-4-32-24(30)18-14(2)33-23-20(19(18)15-7-9-17(31-3)10-8-15)22-27-21(28-29(22)13-26-23)16-6-5-11-25-12-16/h5-13,19H,4H2,1-3H3. The van der Waals surface area contributed by atoms with Crippen LogP contribution in [-0.4, -0.2) is 44.3 Å². The average Bonchev–Trinajstić information content (AvgIpc) is 3.28. The van der Waals surface area contributed by atoms with Crippen LogP contribution >= 0.6 is 0 Å². The van der Waals surface area contributed by atoms with Gasteiger partial charge in [0.25, 0.3) is 0 Å². The zero-order valence-corrected chi connectivity index (χ0v) is 18.3. The molecule has 0 spiro atoms. The summed E-state index contributed by atoms with van der Waals surface area (Å²) in [4.78, 5) is 26.4. The fourth-order valence-electron chi connectivity index (χ4n) is 3.96. The molecular weight excluding hydrogens is 422 g/mol.